The molecule has 0 spiro atoms. The highest BCUT2D eigenvalue weighted by Crippen LogP contribution is 2.62. The van der Waals surface area contributed by atoms with E-state index in [9.17, 15) is 19.8 Å². The molecule has 3 rings (SSSR count). The maximum absolute atomic E-state index is 12.2. The molecular formula is C21H32O6. The van der Waals surface area contributed by atoms with Crippen LogP contribution in [0.15, 0.2) is 11.6 Å². The molecule has 1 aliphatic heterocycles. The van der Waals surface area contributed by atoms with Crippen molar-refractivity contribution < 1.29 is 29.3 Å². The van der Waals surface area contributed by atoms with Gasteiger partial charge in [0.25, 0.3) is 0 Å². The lowest BCUT2D eigenvalue weighted by Gasteiger charge is -2.57. The zero-order chi connectivity index (χ0) is 20.0. The van der Waals surface area contributed by atoms with Gasteiger partial charge in [-0.05, 0) is 55.8 Å². The van der Waals surface area contributed by atoms with Gasteiger partial charge in [-0.3, -0.25) is 4.79 Å². The second kappa shape index (κ2) is 7.21. The summed E-state index contributed by atoms with van der Waals surface area (Å²) in [5.74, 6) is -1.12. The van der Waals surface area contributed by atoms with E-state index in [4.69, 9.17) is 9.47 Å². The van der Waals surface area contributed by atoms with Crippen molar-refractivity contribution in [2.24, 2.45) is 28.6 Å². The number of fused-ring (bicyclic) bond motifs is 1. The zero-order valence-electron chi connectivity index (χ0n) is 16.7. The lowest BCUT2D eigenvalue weighted by molar-refractivity contribution is -0.166. The lowest BCUT2D eigenvalue weighted by Crippen LogP contribution is -2.51. The number of carboxylic acids is 1. The van der Waals surface area contributed by atoms with Crippen LogP contribution in [0.1, 0.15) is 59.3 Å². The number of aliphatic hydroxyl groups is 1. The highest BCUT2D eigenvalue weighted by Gasteiger charge is 2.56. The number of carbonyl (C=O) groups is 2. The van der Waals surface area contributed by atoms with Crippen LogP contribution in [0.5, 0.6) is 0 Å². The molecule has 0 aromatic carbocycles. The van der Waals surface area contributed by atoms with Crippen LogP contribution in [0, 0.1) is 28.6 Å². The summed E-state index contributed by atoms with van der Waals surface area (Å²) in [4.78, 5) is 24.0. The monoisotopic (exact) mass is 380 g/mol. The molecule has 2 aliphatic carbocycles. The molecule has 152 valence electrons. The minimum absolute atomic E-state index is 0.0902. The van der Waals surface area contributed by atoms with Gasteiger partial charge < -0.3 is 19.7 Å². The SMILES string of the molecule is CO[C@@H]1OC(=O)[C@H](CC[C@]2(C)[C@H]3CCC=C(C(=O)O)[C@@]3(C)CC[C@@H]2C)[C@@H]1O. The molecule has 2 fully saturated rings. The van der Waals surface area contributed by atoms with Crippen LogP contribution in [-0.2, 0) is 19.1 Å². The van der Waals surface area contributed by atoms with E-state index in [0.717, 1.165) is 32.1 Å². The van der Waals surface area contributed by atoms with E-state index in [0.29, 0.717) is 17.9 Å². The third kappa shape index (κ3) is 3.21. The summed E-state index contributed by atoms with van der Waals surface area (Å²) in [6, 6.07) is 0. The van der Waals surface area contributed by atoms with Gasteiger partial charge in [-0.2, -0.15) is 0 Å². The highest BCUT2D eigenvalue weighted by atomic mass is 16.7. The summed E-state index contributed by atoms with van der Waals surface area (Å²) in [6.07, 6.45) is 4.94. The predicted molar refractivity (Wildman–Crippen MR) is 98.7 cm³/mol. The number of aliphatic carboxylic acids is 1. The molecule has 0 aromatic heterocycles. The van der Waals surface area contributed by atoms with Crippen molar-refractivity contribution in [1.29, 1.82) is 0 Å². The Kier molecular flexibility index (Phi) is 5.43. The van der Waals surface area contributed by atoms with Crippen LogP contribution >= 0.6 is 0 Å². The largest absolute Gasteiger partial charge is 0.478 e. The first kappa shape index (κ1) is 20.3. The fourth-order valence-electron chi connectivity index (χ4n) is 5.99. The third-order valence-electron chi connectivity index (χ3n) is 7.89. The van der Waals surface area contributed by atoms with Crippen molar-refractivity contribution in [2.45, 2.75) is 71.7 Å². The first-order valence-corrected chi connectivity index (χ1v) is 10.0. The molecule has 1 saturated heterocycles. The molecule has 0 amide bonds. The maximum atomic E-state index is 12.2. The molecule has 27 heavy (non-hydrogen) atoms. The predicted octanol–water partition coefficient (Wildman–Crippen LogP) is 3.14. The highest BCUT2D eigenvalue weighted by molar-refractivity contribution is 5.88. The van der Waals surface area contributed by atoms with Gasteiger partial charge in [0, 0.05) is 18.1 Å². The van der Waals surface area contributed by atoms with Crippen molar-refractivity contribution in [3.8, 4) is 0 Å². The van der Waals surface area contributed by atoms with Crippen molar-refractivity contribution >= 4 is 11.9 Å². The number of cyclic esters (lactones) is 1. The van der Waals surface area contributed by atoms with Crippen LogP contribution in [0.2, 0.25) is 0 Å². The van der Waals surface area contributed by atoms with Crippen LogP contribution in [0.25, 0.3) is 0 Å². The molecule has 1 heterocycles. The second-order valence-corrected chi connectivity index (χ2v) is 9.09. The molecule has 6 heteroatoms. The molecule has 0 bridgehead atoms. The maximum Gasteiger partial charge on any atom is 0.331 e. The zero-order valence-corrected chi connectivity index (χ0v) is 16.7. The van der Waals surface area contributed by atoms with Gasteiger partial charge in [-0.15, -0.1) is 0 Å². The molecule has 3 aliphatic rings. The fourth-order valence-corrected chi connectivity index (χ4v) is 5.99. The number of methoxy groups -OCH3 is 1. The second-order valence-electron chi connectivity index (χ2n) is 9.09. The molecule has 0 radical (unpaired) electrons. The Labute approximate surface area is 160 Å². The van der Waals surface area contributed by atoms with Crippen LogP contribution in [0.4, 0.5) is 0 Å². The van der Waals surface area contributed by atoms with Gasteiger partial charge in [0.1, 0.15) is 6.10 Å². The quantitative estimate of drug-likeness (QED) is 0.712. The average molecular weight is 380 g/mol. The summed E-state index contributed by atoms with van der Waals surface area (Å²) >= 11 is 0. The van der Waals surface area contributed by atoms with Crippen molar-refractivity contribution in [3.63, 3.8) is 0 Å². The third-order valence-corrected chi connectivity index (χ3v) is 7.89. The summed E-state index contributed by atoms with van der Waals surface area (Å²) in [5.41, 5.74) is 0.124. The van der Waals surface area contributed by atoms with E-state index in [1.165, 1.54) is 7.11 Å². The molecule has 2 N–H and O–H groups in total. The number of allylic oxidation sites excluding steroid dienone is 1. The van der Waals surface area contributed by atoms with E-state index in [1.54, 1.807) is 0 Å². The van der Waals surface area contributed by atoms with Gasteiger partial charge >= 0.3 is 11.9 Å². The number of rotatable bonds is 5. The minimum atomic E-state index is -0.947. The van der Waals surface area contributed by atoms with E-state index < -0.39 is 30.3 Å². The summed E-state index contributed by atoms with van der Waals surface area (Å²) < 4.78 is 10.2. The molecule has 6 nitrogen and oxygen atoms in total. The normalized spacial score (nSPS) is 44.4. The summed E-state index contributed by atoms with van der Waals surface area (Å²) in [7, 11) is 1.42. The van der Waals surface area contributed by atoms with Gasteiger partial charge in [0.05, 0.1) is 5.92 Å². The Morgan fingerprint density at radius 1 is 1.37 bits per heavy atom. The van der Waals surface area contributed by atoms with Crippen LogP contribution in [0.3, 0.4) is 0 Å². The number of carbonyl (C=O) groups excluding carboxylic acids is 1. The molecular weight excluding hydrogens is 348 g/mol. The fraction of sp³-hybridized carbons (Fsp3) is 0.810. The number of aliphatic hydroxyl groups excluding tert-OH is 1. The van der Waals surface area contributed by atoms with Crippen molar-refractivity contribution in [3.05, 3.63) is 11.6 Å². The molecule has 7 atom stereocenters. The Balaban J connectivity index is 1.82. The van der Waals surface area contributed by atoms with E-state index in [2.05, 4.69) is 20.8 Å². The summed E-state index contributed by atoms with van der Waals surface area (Å²) in [6.45, 7) is 6.57. The van der Waals surface area contributed by atoms with Gasteiger partial charge in [0.15, 0.2) is 0 Å². The van der Waals surface area contributed by atoms with Crippen LogP contribution in [-0.4, -0.2) is 41.7 Å². The standard InChI is InChI=1S/C21H32O6/c1-12-8-10-21(3)14(17(23)24)6-5-7-15(21)20(12,2)11-9-13-16(22)19(26-4)27-18(13)25/h6,12-13,15-16,19,22H,5,7-11H2,1-4H3,(H,23,24)/t12-,13+,15+,16-,19+,20-,21+/m0/s1. The number of esters is 1. The smallest absolute Gasteiger partial charge is 0.331 e. The van der Waals surface area contributed by atoms with Crippen molar-refractivity contribution in [1.82, 2.24) is 0 Å². The number of carboxylic acid groups (broad SMARTS) is 1. The topological polar surface area (TPSA) is 93.1 Å². The molecule has 1 saturated carbocycles. The Hall–Kier alpha value is -1.40. The van der Waals surface area contributed by atoms with Crippen LogP contribution < -0.4 is 0 Å². The Morgan fingerprint density at radius 3 is 2.67 bits per heavy atom. The summed E-state index contributed by atoms with van der Waals surface area (Å²) in [5, 5.41) is 20.1. The average Bonchev–Trinajstić information content (AvgIpc) is 2.90. The van der Waals surface area contributed by atoms with Gasteiger partial charge in [0.2, 0.25) is 6.29 Å². The first-order valence-electron chi connectivity index (χ1n) is 10.0. The lowest BCUT2D eigenvalue weighted by atomic mass is 9.46. The number of hydrogen-bond donors (Lipinski definition) is 2. The molecule has 0 aromatic rings. The van der Waals surface area contributed by atoms with E-state index in [-0.39, 0.29) is 16.7 Å². The Bertz CT molecular complexity index is 643. The van der Waals surface area contributed by atoms with E-state index >= 15 is 0 Å². The number of ether oxygens (including phenoxy) is 2. The minimum Gasteiger partial charge on any atom is -0.478 e. The molecule has 0 unspecified atom stereocenters. The van der Waals surface area contributed by atoms with Gasteiger partial charge in [-0.1, -0.05) is 26.8 Å². The van der Waals surface area contributed by atoms with Crippen molar-refractivity contribution in [2.75, 3.05) is 7.11 Å². The first-order chi connectivity index (χ1) is 12.6. The Morgan fingerprint density at radius 2 is 2.07 bits per heavy atom. The van der Waals surface area contributed by atoms with E-state index in [1.807, 2.05) is 6.08 Å². The van der Waals surface area contributed by atoms with Gasteiger partial charge in [-0.25, -0.2) is 4.79 Å². The number of hydrogen-bond acceptors (Lipinski definition) is 5.